The van der Waals surface area contributed by atoms with E-state index < -0.39 is 17.6 Å². The van der Waals surface area contributed by atoms with Gasteiger partial charge in [-0.05, 0) is 29.3 Å². The minimum absolute atomic E-state index is 0.0481. The van der Waals surface area contributed by atoms with Crippen LogP contribution in [-0.2, 0) is 19.3 Å². The number of anilines is 1. The Morgan fingerprint density at radius 3 is 2.37 bits per heavy atom. The molecule has 2 aromatic carbocycles. The van der Waals surface area contributed by atoms with E-state index in [9.17, 15) is 17.6 Å². The van der Waals surface area contributed by atoms with Crippen molar-refractivity contribution < 1.29 is 17.6 Å². The summed E-state index contributed by atoms with van der Waals surface area (Å²) in [5.74, 6) is -0.0429. The molecule has 0 aliphatic heterocycles. The molecule has 2 aromatic heterocycles. The van der Waals surface area contributed by atoms with Gasteiger partial charge in [-0.1, -0.05) is 30.3 Å². The summed E-state index contributed by atoms with van der Waals surface area (Å²) in [6.07, 6.45) is 1.46. The Morgan fingerprint density at radius 1 is 0.800 bits per heavy atom. The first-order chi connectivity index (χ1) is 14.4. The van der Waals surface area contributed by atoms with Crippen LogP contribution in [0.2, 0.25) is 0 Å². The van der Waals surface area contributed by atoms with Crippen LogP contribution in [-0.4, -0.2) is 15.0 Å². The molecule has 30 heavy (non-hydrogen) atoms. The van der Waals surface area contributed by atoms with E-state index in [1.165, 1.54) is 43.0 Å². The van der Waals surface area contributed by atoms with Gasteiger partial charge in [0.25, 0.3) is 0 Å². The third-order valence-corrected chi connectivity index (χ3v) is 4.73. The summed E-state index contributed by atoms with van der Waals surface area (Å²) in [5, 5.41) is 0.593. The van der Waals surface area contributed by atoms with Crippen LogP contribution in [0.5, 0.6) is 0 Å². The van der Waals surface area contributed by atoms with Crippen molar-refractivity contribution in [3.8, 4) is 0 Å². The smallest absolute Gasteiger partial charge is 0.347 e. The molecule has 0 radical (unpaired) electrons. The molecule has 0 atom stereocenters. The van der Waals surface area contributed by atoms with Crippen molar-refractivity contribution >= 4 is 16.7 Å². The molecule has 0 saturated heterocycles. The first-order valence-corrected chi connectivity index (χ1v) is 9.11. The maximum atomic E-state index is 14.1. The molecule has 0 bridgehead atoms. The fourth-order valence-electron chi connectivity index (χ4n) is 3.35. The van der Waals surface area contributed by atoms with Crippen LogP contribution in [0.1, 0.15) is 16.7 Å². The summed E-state index contributed by atoms with van der Waals surface area (Å²) in [5.41, 5.74) is 0.337. The molecule has 0 N–H and O–H groups in total. The lowest BCUT2D eigenvalue weighted by Gasteiger charge is -2.25. The summed E-state index contributed by atoms with van der Waals surface area (Å²) in [7, 11) is 0. The van der Waals surface area contributed by atoms with Crippen LogP contribution in [0.3, 0.4) is 0 Å². The van der Waals surface area contributed by atoms with E-state index in [-0.39, 0.29) is 24.2 Å². The highest BCUT2D eigenvalue weighted by Crippen LogP contribution is 2.33. The Hall–Kier alpha value is -3.55. The number of benzene rings is 2. The fourth-order valence-corrected chi connectivity index (χ4v) is 3.35. The highest BCUT2D eigenvalue weighted by Gasteiger charge is 2.33. The number of pyridine rings is 1. The number of fused-ring (bicyclic) bond motifs is 1. The van der Waals surface area contributed by atoms with Crippen LogP contribution >= 0.6 is 0 Å². The highest BCUT2D eigenvalue weighted by molar-refractivity contribution is 5.82. The number of hydrogen-bond donors (Lipinski definition) is 0. The van der Waals surface area contributed by atoms with Crippen LogP contribution in [0, 0.1) is 5.82 Å². The first-order valence-electron chi connectivity index (χ1n) is 9.11. The molecule has 0 amide bonds. The van der Waals surface area contributed by atoms with Crippen molar-refractivity contribution in [2.24, 2.45) is 0 Å². The van der Waals surface area contributed by atoms with Gasteiger partial charge in [0.2, 0.25) is 0 Å². The molecule has 0 unspecified atom stereocenters. The Balaban J connectivity index is 1.76. The number of alkyl halides is 3. The summed E-state index contributed by atoms with van der Waals surface area (Å²) >= 11 is 0. The van der Waals surface area contributed by atoms with E-state index in [0.717, 1.165) is 11.6 Å². The minimum Gasteiger partial charge on any atom is -0.347 e. The summed E-state index contributed by atoms with van der Waals surface area (Å²) in [6, 6.07) is 11.8. The van der Waals surface area contributed by atoms with E-state index in [4.69, 9.17) is 0 Å². The molecular weight excluding hydrogens is 396 g/mol. The lowest BCUT2D eigenvalue weighted by Crippen LogP contribution is -2.25. The van der Waals surface area contributed by atoms with Crippen LogP contribution in [0.4, 0.5) is 23.4 Å². The normalized spacial score (nSPS) is 11.6. The van der Waals surface area contributed by atoms with E-state index in [1.807, 2.05) is 0 Å². The molecule has 2 heterocycles. The average molecular weight is 412 g/mol. The second-order valence-corrected chi connectivity index (χ2v) is 6.68. The lowest BCUT2D eigenvalue weighted by atomic mass is 10.1. The molecule has 152 valence electrons. The summed E-state index contributed by atoms with van der Waals surface area (Å²) in [4.78, 5) is 14.1. The average Bonchev–Trinajstić information content (AvgIpc) is 2.74. The van der Waals surface area contributed by atoms with Crippen molar-refractivity contribution in [3.63, 3.8) is 0 Å². The van der Waals surface area contributed by atoms with Crippen molar-refractivity contribution in [1.82, 2.24) is 15.0 Å². The van der Waals surface area contributed by atoms with Gasteiger partial charge in [0, 0.05) is 37.1 Å². The topological polar surface area (TPSA) is 41.9 Å². The standard InChI is InChI=1S/C22H16F4N4/c23-19-7-3-5-17-15(8-9-29-21(17)19)13-30(20-12-27-10-11-28-20)14-16-4-1-2-6-18(16)22(24,25)26/h1-12H,13-14H2. The maximum absolute atomic E-state index is 14.1. The highest BCUT2D eigenvalue weighted by atomic mass is 19.4. The zero-order chi connectivity index (χ0) is 21.1. The van der Waals surface area contributed by atoms with Crippen molar-refractivity contribution in [2.75, 3.05) is 4.90 Å². The van der Waals surface area contributed by atoms with Crippen LogP contribution in [0.15, 0.2) is 73.3 Å². The van der Waals surface area contributed by atoms with E-state index in [0.29, 0.717) is 11.2 Å². The second kappa shape index (κ2) is 8.06. The van der Waals surface area contributed by atoms with Gasteiger partial charge in [-0.25, -0.2) is 9.37 Å². The Labute approximate surface area is 169 Å². The number of rotatable bonds is 5. The molecule has 4 aromatic rings. The first kappa shape index (κ1) is 19.8. The molecule has 4 nitrogen and oxygen atoms in total. The minimum atomic E-state index is -4.48. The third kappa shape index (κ3) is 4.07. The molecule has 0 saturated carbocycles. The predicted octanol–water partition coefficient (Wildman–Crippen LogP) is 5.39. The quantitative estimate of drug-likeness (QED) is 0.412. The Morgan fingerprint density at radius 2 is 1.60 bits per heavy atom. The molecule has 0 spiro atoms. The largest absolute Gasteiger partial charge is 0.416 e. The Kier molecular flexibility index (Phi) is 5.31. The van der Waals surface area contributed by atoms with Gasteiger partial charge in [-0.3, -0.25) is 9.97 Å². The molecule has 0 aliphatic carbocycles. The van der Waals surface area contributed by atoms with Crippen LogP contribution < -0.4 is 4.90 Å². The fraction of sp³-hybridized carbons (Fsp3) is 0.136. The molecular formula is C22H16F4N4. The van der Waals surface area contributed by atoms with Gasteiger partial charge in [-0.2, -0.15) is 13.2 Å². The van der Waals surface area contributed by atoms with Gasteiger partial charge in [0.15, 0.2) is 0 Å². The van der Waals surface area contributed by atoms with Gasteiger partial charge in [-0.15, -0.1) is 0 Å². The van der Waals surface area contributed by atoms with Crippen molar-refractivity contribution in [2.45, 2.75) is 19.3 Å². The van der Waals surface area contributed by atoms with Gasteiger partial charge in [0.1, 0.15) is 17.2 Å². The zero-order valence-electron chi connectivity index (χ0n) is 15.6. The number of para-hydroxylation sites is 1. The summed E-state index contributed by atoms with van der Waals surface area (Å²) in [6.45, 7) is 0.154. The monoisotopic (exact) mass is 412 g/mol. The van der Waals surface area contributed by atoms with E-state index in [1.54, 1.807) is 29.2 Å². The summed E-state index contributed by atoms with van der Waals surface area (Å²) < 4.78 is 54.6. The number of nitrogens with zero attached hydrogens (tertiary/aromatic N) is 4. The SMILES string of the molecule is Fc1cccc2c(CN(Cc3ccccc3C(F)(F)F)c3cnccn3)ccnc12. The third-order valence-electron chi connectivity index (χ3n) is 4.73. The number of aromatic nitrogens is 3. The van der Waals surface area contributed by atoms with E-state index >= 15 is 0 Å². The molecule has 8 heteroatoms. The lowest BCUT2D eigenvalue weighted by molar-refractivity contribution is -0.138. The van der Waals surface area contributed by atoms with Gasteiger partial charge in [0.05, 0.1) is 11.8 Å². The second-order valence-electron chi connectivity index (χ2n) is 6.68. The van der Waals surface area contributed by atoms with Crippen molar-refractivity contribution in [3.05, 3.63) is 95.8 Å². The molecule has 4 rings (SSSR count). The Bertz CT molecular complexity index is 1160. The zero-order valence-corrected chi connectivity index (χ0v) is 15.6. The van der Waals surface area contributed by atoms with Gasteiger partial charge < -0.3 is 4.90 Å². The van der Waals surface area contributed by atoms with Crippen LogP contribution in [0.25, 0.3) is 10.9 Å². The number of hydrogen-bond acceptors (Lipinski definition) is 4. The van der Waals surface area contributed by atoms with E-state index in [2.05, 4.69) is 15.0 Å². The van der Waals surface area contributed by atoms with Gasteiger partial charge >= 0.3 is 6.18 Å². The van der Waals surface area contributed by atoms with Crippen molar-refractivity contribution in [1.29, 1.82) is 0 Å². The molecule has 0 aliphatic rings. The molecule has 0 fully saturated rings. The number of halogens is 4. The maximum Gasteiger partial charge on any atom is 0.416 e. The predicted molar refractivity (Wildman–Crippen MR) is 105 cm³/mol.